The SMILES string of the molecule is CCC(=O)c1cc(C)ccc1OCc1ccc(C)cc1. The Hall–Kier alpha value is -2.09. The first kappa shape index (κ1) is 14.3. The quantitative estimate of drug-likeness (QED) is 0.748. The van der Waals surface area contributed by atoms with Gasteiger partial charge in [0, 0.05) is 6.42 Å². The van der Waals surface area contributed by atoms with Crippen LogP contribution in [0.1, 0.15) is 40.4 Å². The number of ketones is 1. The van der Waals surface area contributed by atoms with Crippen molar-refractivity contribution < 1.29 is 9.53 Å². The van der Waals surface area contributed by atoms with E-state index in [1.807, 2.05) is 44.2 Å². The highest BCUT2D eigenvalue weighted by Gasteiger charge is 2.11. The molecule has 2 rings (SSSR count). The summed E-state index contributed by atoms with van der Waals surface area (Å²) < 4.78 is 5.82. The van der Waals surface area contributed by atoms with Crippen molar-refractivity contribution in [2.75, 3.05) is 0 Å². The third-order valence-electron chi connectivity index (χ3n) is 3.27. The minimum atomic E-state index is 0.118. The lowest BCUT2D eigenvalue weighted by Gasteiger charge is -2.11. The van der Waals surface area contributed by atoms with Gasteiger partial charge in [-0.25, -0.2) is 0 Å². The second-order valence-electron chi connectivity index (χ2n) is 5.05. The molecule has 0 N–H and O–H groups in total. The Bertz CT molecular complexity index is 597. The van der Waals surface area contributed by atoms with Gasteiger partial charge in [-0.15, -0.1) is 0 Å². The molecule has 20 heavy (non-hydrogen) atoms. The summed E-state index contributed by atoms with van der Waals surface area (Å²) in [6, 6.07) is 14.0. The van der Waals surface area contributed by atoms with Gasteiger partial charge in [0.05, 0.1) is 5.56 Å². The number of hydrogen-bond acceptors (Lipinski definition) is 2. The van der Waals surface area contributed by atoms with Crippen LogP contribution in [0.15, 0.2) is 42.5 Å². The van der Waals surface area contributed by atoms with E-state index in [9.17, 15) is 4.79 Å². The first-order valence-corrected chi connectivity index (χ1v) is 6.92. The van der Waals surface area contributed by atoms with Crippen molar-refractivity contribution in [3.8, 4) is 5.75 Å². The molecule has 0 aliphatic carbocycles. The van der Waals surface area contributed by atoms with Crippen molar-refractivity contribution in [3.05, 3.63) is 64.7 Å². The molecule has 2 heteroatoms. The first-order valence-electron chi connectivity index (χ1n) is 6.92. The van der Waals surface area contributed by atoms with Crippen LogP contribution in [0.2, 0.25) is 0 Å². The molecule has 2 aromatic rings. The first-order chi connectivity index (χ1) is 9.60. The Balaban J connectivity index is 2.16. The molecule has 0 aliphatic rings. The van der Waals surface area contributed by atoms with Crippen molar-refractivity contribution in [1.82, 2.24) is 0 Å². The van der Waals surface area contributed by atoms with Crippen molar-refractivity contribution in [2.24, 2.45) is 0 Å². The Morgan fingerprint density at radius 1 is 1.00 bits per heavy atom. The van der Waals surface area contributed by atoms with Gasteiger partial charge in [0.15, 0.2) is 5.78 Å². The van der Waals surface area contributed by atoms with E-state index in [4.69, 9.17) is 4.74 Å². The maximum Gasteiger partial charge on any atom is 0.166 e. The van der Waals surface area contributed by atoms with Crippen LogP contribution in [-0.4, -0.2) is 5.78 Å². The van der Waals surface area contributed by atoms with Gasteiger partial charge in [-0.2, -0.15) is 0 Å². The van der Waals surface area contributed by atoms with Crippen LogP contribution in [-0.2, 0) is 6.61 Å². The molecule has 0 radical (unpaired) electrons. The lowest BCUT2D eigenvalue weighted by atomic mass is 10.0. The molecule has 2 aromatic carbocycles. The van der Waals surface area contributed by atoms with Crippen molar-refractivity contribution in [3.63, 3.8) is 0 Å². The van der Waals surface area contributed by atoms with E-state index < -0.39 is 0 Å². The fourth-order valence-electron chi connectivity index (χ4n) is 2.02. The molecule has 0 aromatic heterocycles. The van der Waals surface area contributed by atoms with E-state index in [-0.39, 0.29) is 5.78 Å². The maximum atomic E-state index is 12.0. The summed E-state index contributed by atoms with van der Waals surface area (Å²) in [6.07, 6.45) is 0.490. The second-order valence-corrected chi connectivity index (χ2v) is 5.05. The van der Waals surface area contributed by atoms with E-state index in [0.717, 1.165) is 11.1 Å². The number of carbonyl (C=O) groups excluding carboxylic acids is 1. The third-order valence-corrected chi connectivity index (χ3v) is 3.27. The van der Waals surface area contributed by atoms with E-state index in [2.05, 4.69) is 19.1 Å². The van der Waals surface area contributed by atoms with E-state index in [0.29, 0.717) is 24.3 Å². The van der Waals surface area contributed by atoms with Gasteiger partial charge in [0.25, 0.3) is 0 Å². The molecule has 0 saturated heterocycles. The third kappa shape index (κ3) is 3.47. The molecule has 0 heterocycles. The van der Waals surface area contributed by atoms with Gasteiger partial charge in [0.1, 0.15) is 12.4 Å². The van der Waals surface area contributed by atoms with Gasteiger partial charge in [0.2, 0.25) is 0 Å². The standard InChI is InChI=1S/C18H20O2/c1-4-17(19)16-11-14(3)7-10-18(16)20-12-15-8-5-13(2)6-9-15/h5-11H,4,12H2,1-3H3. The predicted molar refractivity (Wildman–Crippen MR) is 81.3 cm³/mol. The lowest BCUT2D eigenvalue weighted by molar-refractivity contribution is 0.0983. The molecule has 104 valence electrons. The number of aryl methyl sites for hydroxylation is 2. The zero-order valence-corrected chi connectivity index (χ0v) is 12.3. The van der Waals surface area contributed by atoms with Gasteiger partial charge >= 0.3 is 0 Å². The van der Waals surface area contributed by atoms with Gasteiger partial charge in [-0.05, 0) is 31.5 Å². The predicted octanol–water partition coefficient (Wildman–Crippen LogP) is 4.48. The molecular formula is C18H20O2. The Morgan fingerprint density at radius 3 is 2.30 bits per heavy atom. The highest BCUT2D eigenvalue weighted by molar-refractivity contribution is 5.98. The van der Waals surface area contributed by atoms with Crippen molar-refractivity contribution >= 4 is 5.78 Å². The monoisotopic (exact) mass is 268 g/mol. The number of hydrogen-bond donors (Lipinski definition) is 0. The summed E-state index contributed by atoms with van der Waals surface area (Å²) in [6.45, 7) is 6.39. The average Bonchev–Trinajstić information content (AvgIpc) is 2.46. The van der Waals surface area contributed by atoms with Crippen molar-refractivity contribution in [1.29, 1.82) is 0 Å². The summed E-state index contributed by atoms with van der Waals surface area (Å²) >= 11 is 0. The zero-order chi connectivity index (χ0) is 14.5. The molecule has 0 amide bonds. The minimum absolute atomic E-state index is 0.118. The average molecular weight is 268 g/mol. The Kier molecular flexibility index (Phi) is 4.57. The topological polar surface area (TPSA) is 26.3 Å². The molecule has 0 spiro atoms. The van der Waals surface area contributed by atoms with Crippen LogP contribution in [0.5, 0.6) is 5.75 Å². The number of rotatable bonds is 5. The summed E-state index contributed by atoms with van der Waals surface area (Å²) in [5.41, 5.74) is 4.08. The highest BCUT2D eigenvalue weighted by Crippen LogP contribution is 2.22. The Morgan fingerprint density at radius 2 is 1.65 bits per heavy atom. The van der Waals surface area contributed by atoms with Crippen molar-refractivity contribution in [2.45, 2.75) is 33.8 Å². The maximum absolute atomic E-state index is 12.0. The second kappa shape index (κ2) is 6.38. The molecule has 0 bridgehead atoms. The van der Waals surface area contributed by atoms with Crippen LogP contribution < -0.4 is 4.74 Å². The largest absolute Gasteiger partial charge is 0.488 e. The van der Waals surface area contributed by atoms with Crippen LogP contribution in [0.25, 0.3) is 0 Å². The molecule has 0 saturated carbocycles. The van der Waals surface area contributed by atoms with Gasteiger partial charge in [-0.1, -0.05) is 48.4 Å². The van der Waals surface area contributed by atoms with Crippen LogP contribution in [0.4, 0.5) is 0 Å². The number of Topliss-reactive ketones (excluding diaryl/α,β-unsaturated/α-hetero) is 1. The fraction of sp³-hybridized carbons (Fsp3) is 0.278. The van der Waals surface area contributed by atoms with Crippen LogP contribution in [0, 0.1) is 13.8 Å². The number of benzene rings is 2. The lowest BCUT2D eigenvalue weighted by Crippen LogP contribution is -2.04. The summed E-state index contributed by atoms with van der Waals surface area (Å²) in [4.78, 5) is 12.0. The normalized spacial score (nSPS) is 10.3. The number of ether oxygens (including phenoxy) is 1. The van der Waals surface area contributed by atoms with E-state index in [1.54, 1.807) is 0 Å². The summed E-state index contributed by atoms with van der Waals surface area (Å²) in [5, 5.41) is 0. The van der Waals surface area contributed by atoms with Gasteiger partial charge < -0.3 is 4.74 Å². The highest BCUT2D eigenvalue weighted by atomic mass is 16.5. The van der Waals surface area contributed by atoms with E-state index >= 15 is 0 Å². The molecule has 2 nitrogen and oxygen atoms in total. The summed E-state index contributed by atoms with van der Waals surface area (Å²) in [7, 11) is 0. The van der Waals surface area contributed by atoms with E-state index in [1.165, 1.54) is 5.56 Å². The van der Waals surface area contributed by atoms with Gasteiger partial charge in [-0.3, -0.25) is 4.79 Å². The zero-order valence-electron chi connectivity index (χ0n) is 12.3. The molecule has 0 unspecified atom stereocenters. The number of carbonyl (C=O) groups is 1. The van der Waals surface area contributed by atoms with Crippen LogP contribution >= 0.6 is 0 Å². The minimum Gasteiger partial charge on any atom is -0.488 e. The molecular weight excluding hydrogens is 248 g/mol. The molecule has 0 atom stereocenters. The summed E-state index contributed by atoms with van der Waals surface area (Å²) in [5.74, 6) is 0.788. The molecule has 0 fully saturated rings. The Labute approximate surface area is 120 Å². The smallest absolute Gasteiger partial charge is 0.166 e. The molecule has 0 aliphatic heterocycles. The fourth-order valence-corrected chi connectivity index (χ4v) is 2.02. The van der Waals surface area contributed by atoms with Crippen LogP contribution in [0.3, 0.4) is 0 Å².